The largest absolute Gasteiger partial charge is 0.492 e. The summed E-state index contributed by atoms with van der Waals surface area (Å²) < 4.78 is 13.7. The Balaban J connectivity index is 1.35. The minimum Gasteiger partial charge on any atom is -0.492 e. The second kappa shape index (κ2) is 11.5. The van der Waals surface area contributed by atoms with E-state index in [-0.39, 0.29) is 0 Å². The van der Waals surface area contributed by atoms with Crippen molar-refractivity contribution >= 4 is 0 Å². The quantitative estimate of drug-likeness (QED) is 0.606. The van der Waals surface area contributed by atoms with Crippen molar-refractivity contribution in [1.82, 2.24) is 14.7 Å². The maximum Gasteiger partial charge on any atom is 0.119 e. The first kappa shape index (κ1) is 22.8. The van der Waals surface area contributed by atoms with Gasteiger partial charge in [-0.2, -0.15) is 5.10 Å². The van der Waals surface area contributed by atoms with Crippen molar-refractivity contribution in [3.05, 3.63) is 47.3 Å². The van der Waals surface area contributed by atoms with Gasteiger partial charge < -0.3 is 14.6 Å². The van der Waals surface area contributed by atoms with Gasteiger partial charge in [-0.3, -0.25) is 9.58 Å². The highest BCUT2D eigenvalue weighted by molar-refractivity contribution is 5.27. The summed E-state index contributed by atoms with van der Waals surface area (Å²) in [6, 6.07) is 10.3. The third-order valence-corrected chi connectivity index (χ3v) is 5.65. The molecular formula is C24H37N3O3. The molecule has 1 fully saturated rings. The Labute approximate surface area is 180 Å². The molecule has 30 heavy (non-hydrogen) atoms. The van der Waals surface area contributed by atoms with Crippen LogP contribution in [0.4, 0.5) is 0 Å². The van der Waals surface area contributed by atoms with Gasteiger partial charge in [-0.1, -0.05) is 31.4 Å². The predicted octanol–water partition coefficient (Wildman–Crippen LogP) is 3.72. The van der Waals surface area contributed by atoms with Crippen LogP contribution in [0.1, 0.15) is 49.1 Å². The summed E-state index contributed by atoms with van der Waals surface area (Å²) in [4.78, 5) is 2.13. The fourth-order valence-corrected chi connectivity index (χ4v) is 4.11. The number of aliphatic hydroxyl groups excluding tert-OH is 1. The highest BCUT2D eigenvalue weighted by atomic mass is 16.5. The van der Waals surface area contributed by atoms with Gasteiger partial charge in [-0.05, 0) is 57.5 Å². The van der Waals surface area contributed by atoms with E-state index in [9.17, 15) is 5.11 Å². The zero-order valence-electron chi connectivity index (χ0n) is 18.7. The molecule has 166 valence electrons. The lowest BCUT2D eigenvalue weighted by atomic mass is 9.98. The summed E-state index contributed by atoms with van der Waals surface area (Å²) in [5.74, 6) is 0.865. The molecule has 1 atom stereocenters. The van der Waals surface area contributed by atoms with Crippen LogP contribution in [0.2, 0.25) is 0 Å². The average molecular weight is 416 g/mol. The van der Waals surface area contributed by atoms with Crippen LogP contribution in [-0.4, -0.2) is 58.8 Å². The Morgan fingerprint density at radius 2 is 1.90 bits per heavy atom. The van der Waals surface area contributed by atoms with Crippen LogP contribution in [0, 0.1) is 13.8 Å². The topological polar surface area (TPSA) is 59.8 Å². The zero-order valence-corrected chi connectivity index (χ0v) is 18.7. The highest BCUT2D eigenvalue weighted by Crippen LogP contribution is 2.20. The summed E-state index contributed by atoms with van der Waals surface area (Å²) in [6.45, 7) is 7.21. The molecule has 0 bridgehead atoms. The molecule has 1 aliphatic rings. The number of rotatable bonds is 11. The van der Waals surface area contributed by atoms with E-state index >= 15 is 0 Å². The molecule has 6 heteroatoms. The standard InChI is InChI=1S/C24H37N3O3/c1-19-15-20(2)27(25-19)13-14-29-24-11-9-21(10-12-24)16-26(3)17-22(28)18-30-23-7-5-4-6-8-23/h9-12,15,22-23,28H,4-8,13-14,16-18H2,1-3H3. The minimum absolute atomic E-state index is 0.340. The van der Waals surface area contributed by atoms with Crippen molar-refractivity contribution < 1.29 is 14.6 Å². The number of aryl methyl sites for hydroxylation is 2. The van der Waals surface area contributed by atoms with Crippen LogP contribution in [-0.2, 0) is 17.8 Å². The Morgan fingerprint density at radius 1 is 1.17 bits per heavy atom. The van der Waals surface area contributed by atoms with Crippen molar-refractivity contribution in [1.29, 1.82) is 0 Å². The van der Waals surface area contributed by atoms with E-state index in [1.54, 1.807) is 0 Å². The molecule has 6 nitrogen and oxygen atoms in total. The molecule has 0 spiro atoms. The van der Waals surface area contributed by atoms with Gasteiger partial charge in [-0.25, -0.2) is 0 Å². The smallest absolute Gasteiger partial charge is 0.119 e. The number of ether oxygens (including phenoxy) is 2. The molecule has 3 rings (SSSR count). The second-order valence-corrected chi connectivity index (χ2v) is 8.59. The Morgan fingerprint density at radius 3 is 2.57 bits per heavy atom. The zero-order chi connectivity index (χ0) is 21.3. The van der Waals surface area contributed by atoms with E-state index in [4.69, 9.17) is 9.47 Å². The van der Waals surface area contributed by atoms with Crippen molar-refractivity contribution in [2.24, 2.45) is 0 Å². The number of hydrogen-bond acceptors (Lipinski definition) is 5. The van der Waals surface area contributed by atoms with Gasteiger partial charge in [0.15, 0.2) is 0 Å². The third-order valence-electron chi connectivity index (χ3n) is 5.65. The Hall–Kier alpha value is -1.89. The van der Waals surface area contributed by atoms with E-state index in [0.29, 0.717) is 25.9 Å². The van der Waals surface area contributed by atoms with E-state index in [1.165, 1.54) is 24.8 Å². The fraction of sp³-hybridized carbons (Fsp3) is 0.625. The number of nitrogens with zero attached hydrogens (tertiary/aromatic N) is 3. The first-order chi connectivity index (χ1) is 14.5. The lowest BCUT2D eigenvalue weighted by Gasteiger charge is -2.25. The van der Waals surface area contributed by atoms with Crippen LogP contribution in [0.3, 0.4) is 0 Å². The van der Waals surface area contributed by atoms with Crippen LogP contribution in [0.25, 0.3) is 0 Å². The van der Waals surface area contributed by atoms with Gasteiger partial charge >= 0.3 is 0 Å². The molecule has 1 unspecified atom stereocenters. The number of benzene rings is 1. The number of hydrogen-bond donors (Lipinski definition) is 1. The molecule has 0 radical (unpaired) electrons. The average Bonchev–Trinajstić information content (AvgIpc) is 3.05. The Kier molecular flexibility index (Phi) is 8.73. The molecular weight excluding hydrogens is 378 g/mol. The van der Waals surface area contributed by atoms with Gasteiger partial charge in [-0.15, -0.1) is 0 Å². The van der Waals surface area contributed by atoms with Gasteiger partial charge in [0.25, 0.3) is 0 Å². The first-order valence-corrected chi connectivity index (χ1v) is 11.2. The van der Waals surface area contributed by atoms with Crippen LogP contribution >= 0.6 is 0 Å². The van der Waals surface area contributed by atoms with E-state index < -0.39 is 6.10 Å². The lowest BCUT2D eigenvalue weighted by molar-refractivity contribution is -0.0319. The predicted molar refractivity (Wildman–Crippen MR) is 119 cm³/mol. The molecule has 0 aliphatic heterocycles. The van der Waals surface area contributed by atoms with E-state index in [2.05, 4.69) is 35.1 Å². The van der Waals surface area contributed by atoms with Gasteiger partial charge in [0.05, 0.1) is 31.1 Å². The monoisotopic (exact) mass is 415 g/mol. The molecule has 1 aliphatic carbocycles. The molecule has 0 amide bonds. The van der Waals surface area contributed by atoms with E-state index in [0.717, 1.165) is 43.1 Å². The van der Waals surface area contributed by atoms with Crippen molar-refractivity contribution in [3.8, 4) is 5.75 Å². The van der Waals surface area contributed by atoms with Crippen LogP contribution in [0.5, 0.6) is 5.75 Å². The van der Waals surface area contributed by atoms with Gasteiger partial charge in [0.1, 0.15) is 12.4 Å². The normalized spacial score (nSPS) is 16.2. The summed E-state index contributed by atoms with van der Waals surface area (Å²) in [5, 5.41) is 14.7. The maximum atomic E-state index is 10.3. The second-order valence-electron chi connectivity index (χ2n) is 8.59. The molecule has 1 saturated carbocycles. The molecule has 1 aromatic carbocycles. The first-order valence-electron chi connectivity index (χ1n) is 11.2. The van der Waals surface area contributed by atoms with Crippen molar-refractivity contribution in [3.63, 3.8) is 0 Å². The van der Waals surface area contributed by atoms with Crippen LogP contribution < -0.4 is 4.74 Å². The van der Waals surface area contributed by atoms with Gasteiger partial charge in [0, 0.05) is 18.8 Å². The number of likely N-dealkylation sites (N-methyl/N-ethyl adjacent to an activating group) is 1. The summed E-state index contributed by atoms with van der Waals surface area (Å²) >= 11 is 0. The highest BCUT2D eigenvalue weighted by Gasteiger charge is 2.16. The van der Waals surface area contributed by atoms with Crippen LogP contribution in [0.15, 0.2) is 30.3 Å². The molecule has 2 aromatic rings. The van der Waals surface area contributed by atoms with Gasteiger partial charge in [0.2, 0.25) is 0 Å². The number of aromatic nitrogens is 2. The molecule has 1 N–H and O–H groups in total. The Bertz CT molecular complexity index is 754. The lowest BCUT2D eigenvalue weighted by Crippen LogP contribution is -2.33. The summed E-state index contributed by atoms with van der Waals surface area (Å²) in [6.07, 6.45) is 5.99. The SMILES string of the molecule is Cc1cc(C)n(CCOc2ccc(CN(C)CC(O)COC3CCCCC3)cc2)n1. The number of aliphatic hydroxyl groups is 1. The summed E-state index contributed by atoms with van der Waals surface area (Å²) in [7, 11) is 2.03. The minimum atomic E-state index is -0.450. The van der Waals surface area contributed by atoms with Crippen molar-refractivity contribution in [2.75, 3.05) is 26.8 Å². The van der Waals surface area contributed by atoms with Crippen molar-refractivity contribution in [2.45, 2.75) is 71.2 Å². The van der Waals surface area contributed by atoms with E-state index in [1.807, 2.05) is 30.8 Å². The summed E-state index contributed by atoms with van der Waals surface area (Å²) in [5.41, 5.74) is 3.39. The fourth-order valence-electron chi connectivity index (χ4n) is 4.11. The molecule has 1 aromatic heterocycles. The maximum absolute atomic E-state index is 10.3. The molecule has 1 heterocycles. The molecule has 0 saturated heterocycles. The third kappa shape index (κ3) is 7.42.